The van der Waals surface area contributed by atoms with Crippen LogP contribution in [0.1, 0.15) is 33.1 Å². The fourth-order valence-corrected chi connectivity index (χ4v) is 2.19. The van der Waals surface area contributed by atoms with Crippen molar-refractivity contribution in [3.8, 4) is 0 Å². The summed E-state index contributed by atoms with van der Waals surface area (Å²) >= 11 is 0. The first-order valence-corrected chi connectivity index (χ1v) is 10.1. The van der Waals surface area contributed by atoms with Gasteiger partial charge < -0.3 is 18.9 Å². The molecule has 1 N–H and O–H groups in total. The molecule has 0 aliphatic rings. The largest absolute Gasteiger partial charge is 0.379 e. The van der Waals surface area contributed by atoms with Gasteiger partial charge in [-0.25, -0.2) is 13.1 Å². The molecule has 0 amide bonds. The Morgan fingerprint density at radius 1 is 0.696 bits per heavy atom. The summed E-state index contributed by atoms with van der Waals surface area (Å²) in [5.74, 6) is 0.0832. The van der Waals surface area contributed by atoms with Gasteiger partial charge in [0.1, 0.15) is 0 Å². The van der Waals surface area contributed by atoms with E-state index in [9.17, 15) is 8.42 Å². The molecule has 140 valence electrons. The summed E-state index contributed by atoms with van der Waals surface area (Å²) in [5, 5.41) is 0. The summed E-state index contributed by atoms with van der Waals surface area (Å²) < 4.78 is 46.1. The van der Waals surface area contributed by atoms with Crippen LogP contribution in [0.5, 0.6) is 0 Å². The molecular weight excluding hydrogens is 322 g/mol. The molecule has 0 aliphatic heterocycles. The van der Waals surface area contributed by atoms with Crippen molar-refractivity contribution in [1.82, 2.24) is 4.72 Å². The number of nitrogens with one attached hydrogen (secondary N) is 1. The molecule has 0 fully saturated rings. The summed E-state index contributed by atoms with van der Waals surface area (Å²) in [5.41, 5.74) is 0. The zero-order valence-electron chi connectivity index (χ0n) is 14.6. The van der Waals surface area contributed by atoms with E-state index in [-0.39, 0.29) is 12.3 Å². The lowest BCUT2D eigenvalue weighted by Gasteiger charge is -2.08. The quantitative estimate of drug-likeness (QED) is 0.372. The number of hydrogen-bond acceptors (Lipinski definition) is 6. The van der Waals surface area contributed by atoms with Crippen LogP contribution in [0.15, 0.2) is 0 Å². The van der Waals surface area contributed by atoms with Crippen molar-refractivity contribution >= 4 is 10.0 Å². The fourth-order valence-electron chi connectivity index (χ4n) is 1.59. The predicted molar refractivity (Wildman–Crippen MR) is 90.3 cm³/mol. The lowest BCUT2D eigenvalue weighted by atomic mass is 10.3. The van der Waals surface area contributed by atoms with Crippen molar-refractivity contribution in [1.29, 1.82) is 0 Å². The second-order valence-electron chi connectivity index (χ2n) is 4.95. The second-order valence-corrected chi connectivity index (χ2v) is 7.05. The SMILES string of the molecule is CCCCCOCCOCCOCCOCCNS(=O)(=O)CC. The standard InChI is InChI=1S/C15H33NO6S/c1-3-5-6-8-19-10-12-21-14-15-22-13-11-20-9-7-16-23(17,18)4-2/h16H,3-15H2,1-2H3. The molecular formula is C15H33NO6S. The van der Waals surface area contributed by atoms with E-state index in [1.807, 2.05) is 0 Å². The van der Waals surface area contributed by atoms with Gasteiger partial charge >= 0.3 is 0 Å². The Morgan fingerprint density at radius 2 is 1.17 bits per heavy atom. The van der Waals surface area contributed by atoms with Crippen LogP contribution in [0.25, 0.3) is 0 Å². The third-order valence-corrected chi connectivity index (χ3v) is 4.36. The normalized spacial score (nSPS) is 11.9. The molecule has 0 aliphatic carbocycles. The highest BCUT2D eigenvalue weighted by molar-refractivity contribution is 7.89. The average molecular weight is 355 g/mol. The molecule has 0 saturated heterocycles. The Bertz CT molecular complexity index is 337. The van der Waals surface area contributed by atoms with Gasteiger partial charge in [-0.15, -0.1) is 0 Å². The van der Waals surface area contributed by atoms with E-state index >= 15 is 0 Å². The number of unbranched alkanes of at least 4 members (excludes halogenated alkanes) is 2. The van der Waals surface area contributed by atoms with Crippen LogP contribution in [0.2, 0.25) is 0 Å². The van der Waals surface area contributed by atoms with E-state index in [1.165, 1.54) is 12.8 Å². The zero-order valence-corrected chi connectivity index (χ0v) is 15.4. The van der Waals surface area contributed by atoms with E-state index in [4.69, 9.17) is 18.9 Å². The summed E-state index contributed by atoms with van der Waals surface area (Å²) in [7, 11) is -3.13. The van der Waals surface area contributed by atoms with Crippen LogP contribution in [0, 0.1) is 0 Å². The molecule has 7 nitrogen and oxygen atoms in total. The van der Waals surface area contributed by atoms with Crippen LogP contribution < -0.4 is 4.72 Å². The summed E-state index contributed by atoms with van der Waals surface area (Å²) in [6, 6.07) is 0. The van der Waals surface area contributed by atoms with E-state index < -0.39 is 10.0 Å². The van der Waals surface area contributed by atoms with Gasteiger partial charge in [0.2, 0.25) is 10.0 Å². The van der Waals surface area contributed by atoms with E-state index in [1.54, 1.807) is 6.92 Å². The Kier molecular flexibility index (Phi) is 16.4. The number of sulfonamides is 1. The average Bonchev–Trinajstić information content (AvgIpc) is 2.54. The smallest absolute Gasteiger partial charge is 0.211 e. The highest BCUT2D eigenvalue weighted by Crippen LogP contribution is 1.93. The van der Waals surface area contributed by atoms with Crippen LogP contribution in [-0.4, -0.2) is 73.6 Å². The van der Waals surface area contributed by atoms with Crippen LogP contribution in [-0.2, 0) is 29.0 Å². The van der Waals surface area contributed by atoms with Gasteiger partial charge in [0, 0.05) is 13.2 Å². The Labute approximate surface area is 141 Å². The molecule has 0 bridgehead atoms. The van der Waals surface area contributed by atoms with Gasteiger partial charge in [0.05, 0.1) is 52.0 Å². The lowest BCUT2D eigenvalue weighted by Crippen LogP contribution is -2.29. The maximum absolute atomic E-state index is 11.1. The molecule has 0 rings (SSSR count). The molecule has 0 aromatic rings. The van der Waals surface area contributed by atoms with Crippen LogP contribution in [0.3, 0.4) is 0 Å². The van der Waals surface area contributed by atoms with Gasteiger partial charge in [-0.1, -0.05) is 19.8 Å². The minimum atomic E-state index is -3.13. The molecule has 0 spiro atoms. The summed E-state index contributed by atoms with van der Waals surface area (Å²) in [6.45, 7) is 8.37. The van der Waals surface area contributed by atoms with Crippen molar-refractivity contribution in [2.75, 3.05) is 65.2 Å². The van der Waals surface area contributed by atoms with Crippen molar-refractivity contribution < 1.29 is 27.4 Å². The maximum atomic E-state index is 11.1. The van der Waals surface area contributed by atoms with Crippen molar-refractivity contribution in [2.24, 2.45) is 0 Å². The van der Waals surface area contributed by atoms with Crippen molar-refractivity contribution in [2.45, 2.75) is 33.1 Å². The van der Waals surface area contributed by atoms with Crippen molar-refractivity contribution in [3.05, 3.63) is 0 Å². The first-order chi connectivity index (χ1) is 11.1. The van der Waals surface area contributed by atoms with E-state index in [0.717, 1.165) is 13.0 Å². The molecule has 8 heteroatoms. The Balaban J connectivity index is 3.08. The summed E-state index contributed by atoms with van der Waals surface area (Å²) in [6.07, 6.45) is 3.52. The van der Waals surface area contributed by atoms with E-state index in [0.29, 0.717) is 46.2 Å². The monoisotopic (exact) mass is 355 g/mol. The highest BCUT2D eigenvalue weighted by atomic mass is 32.2. The van der Waals surface area contributed by atoms with Crippen LogP contribution in [0.4, 0.5) is 0 Å². The first-order valence-electron chi connectivity index (χ1n) is 8.40. The van der Waals surface area contributed by atoms with Gasteiger partial charge in [-0.3, -0.25) is 0 Å². The van der Waals surface area contributed by atoms with Gasteiger partial charge in [0.15, 0.2) is 0 Å². The fraction of sp³-hybridized carbons (Fsp3) is 1.00. The molecule has 0 heterocycles. The lowest BCUT2D eigenvalue weighted by molar-refractivity contribution is -0.00150. The third-order valence-electron chi connectivity index (χ3n) is 2.96. The molecule has 0 saturated carbocycles. The van der Waals surface area contributed by atoms with Gasteiger partial charge in [0.25, 0.3) is 0 Å². The maximum Gasteiger partial charge on any atom is 0.211 e. The van der Waals surface area contributed by atoms with Gasteiger partial charge in [-0.05, 0) is 13.3 Å². The Morgan fingerprint density at radius 3 is 1.65 bits per heavy atom. The summed E-state index contributed by atoms with van der Waals surface area (Å²) in [4.78, 5) is 0. The number of ether oxygens (including phenoxy) is 4. The zero-order chi connectivity index (χ0) is 17.2. The van der Waals surface area contributed by atoms with Gasteiger partial charge in [-0.2, -0.15) is 0 Å². The van der Waals surface area contributed by atoms with E-state index in [2.05, 4.69) is 11.6 Å². The molecule has 0 unspecified atom stereocenters. The van der Waals surface area contributed by atoms with Crippen LogP contribution >= 0.6 is 0 Å². The number of rotatable bonds is 18. The molecule has 0 radical (unpaired) electrons. The Hall–Kier alpha value is -0.250. The molecule has 0 aromatic carbocycles. The van der Waals surface area contributed by atoms with Crippen molar-refractivity contribution in [3.63, 3.8) is 0 Å². The third kappa shape index (κ3) is 17.9. The number of hydrogen-bond donors (Lipinski definition) is 1. The molecule has 0 aromatic heterocycles. The predicted octanol–water partition coefficient (Wildman–Crippen LogP) is 1.18. The highest BCUT2D eigenvalue weighted by Gasteiger charge is 2.04. The molecule has 0 atom stereocenters. The molecule has 23 heavy (non-hydrogen) atoms. The second kappa shape index (κ2) is 16.6. The minimum absolute atomic E-state index is 0.0832. The topological polar surface area (TPSA) is 83.1 Å². The minimum Gasteiger partial charge on any atom is -0.379 e. The first kappa shape index (κ1) is 22.8.